The first kappa shape index (κ1) is 28.4. The molecule has 0 aliphatic carbocycles. The van der Waals surface area contributed by atoms with Crippen molar-refractivity contribution in [3.8, 4) is 11.1 Å². The number of aromatic nitrogens is 3. The Morgan fingerprint density at radius 3 is 2.38 bits per heavy atom. The maximum atomic E-state index is 13.9. The Morgan fingerprint density at radius 1 is 0.975 bits per heavy atom. The fourth-order valence-corrected chi connectivity index (χ4v) is 6.75. The zero-order chi connectivity index (χ0) is 28.1. The van der Waals surface area contributed by atoms with Gasteiger partial charge in [-0.3, -0.25) is 9.48 Å². The second kappa shape index (κ2) is 12.6. The van der Waals surface area contributed by atoms with E-state index in [0.29, 0.717) is 38.3 Å². The molecule has 2 aliphatic rings. The van der Waals surface area contributed by atoms with Crippen molar-refractivity contribution in [3.63, 3.8) is 0 Å². The van der Waals surface area contributed by atoms with E-state index in [-0.39, 0.29) is 43.5 Å². The van der Waals surface area contributed by atoms with Gasteiger partial charge < -0.3 is 14.4 Å². The normalized spacial score (nSPS) is 20.3. The molecule has 0 spiro atoms. The maximum Gasteiger partial charge on any atom is 0.241 e. The van der Waals surface area contributed by atoms with Gasteiger partial charge in [-0.25, -0.2) is 8.42 Å². The molecule has 2 saturated heterocycles. The van der Waals surface area contributed by atoms with Crippen molar-refractivity contribution in [1.82, 2.24) is 24.2 Å². The molecule has 1 unspecified atom stereocenters. The lowest BCUT2D eigenvalue weighted by atomic mass is 10.0. The van der Waals surface area contributed by atoms with Crippen LogP contribution in [0, 0.1) is 5.92 Å². The molecular formula is C29H37N5O5S. The highest BCUT2D eigenvalue weighted by molar-refractivity contribution is 7.89. The van der Waals surface area contributed by atoms with E-state index in [4.69, 9.17) is 9.47 Å². The molecule has 1 amide bonds. The highest BCUT2D eigenvalue weighted by atomic mass is 32.2. The third-order valence-corrected chi connectivity index (χ3v) is 9.04. The summed E-state index contributed by atoms with van der Waals surface area (Å²) in [4.78, 5) is 15.5. The first-order valence-electron chi connectivity index (χ1n) is 13.8. The van der Waals surface area contributed by atoms with Crippen LogP contribution in [0.25, 0.3) is 11.1 Å². The number of sulfonamides is 1. The molecule has 2 aromatic carbocycles. The maximum absolute atomic E-state index is 13.9. The van der Waals surface area contributed by atoms with Crippen LogP contribution in [0.4, 0.5) is 0 Å². The summed E-state index contributed by atoms with van der Waals surface area (Å²) >= 11 is 0. The number of hydrogen-bond acceptors (Lipinski definition) is 7. The van der Waals surface area contributed by atoms with Gasteiger partial charge in [-0.2, -0.15) is 4.31 Å². The van der Waals surface area contributed by atoms with E-state index in [1.54, 1.807) is 15.8 Å². The van der Waals surface area contributed by atoms with Crippen LogP contribution in [0.3, 0.4) is 0 Å². The first-order valence-corrected chi connectivity index (χ1v) is 15.4. The zero-order valence-electron chi connectivity index (χ0n) is 23.1. The van der Waals surface area contributed by atoms with E-state index >= 15 is 0 Å². The summed E-state index contributed by atoms with van der Waals surface area (Å²) in [5.41, 5.74) is 3.61. The van der Waals surface area contributed by atoms with Crippen LogP contribution in [-0.4, -0.2) is 76.4 Å². The van der Waals surface area contributed by atoms with Gasteiger partial charge in [0.05, 0.1) is 31.7 Å². The van der Waals surface area contributed by atoms with E-state index < -0.39 is 16.1 Å². The summed E-state index contributed by atoms with van der Waals surface area (Å²) in [7, 11) is -3.68. The molecule has 5 rings (SSSR count). The Labute approximate surface area is 235 Å². The molecule has 0 saturated carbocycles. The van der Waals surface area contributed by atoms with Crippen molar-refractivity contribution in [1.29, 1.82) is 0 Å². The largest absolute Gasteiger partial charge is 0.350 e. The average Bonchev–Trinajstić information content (AvgIpc) is 3.62. The Kier molecular flexibility index (Phi) is 8.94. The Hall–Kier alpha value is -3.12. The van der Waals surface area contributed by atoms with Crippen LogP contribution in [0.1, 0.15) is 37.9 Å². The monoisotopic (exact) mass is 567 g/mol. The van der Waals surface area contributed by atoms with Gasteiger partial charge in [-0.05, 0) is 29.0 Å². The number of carbonyl (C=O) groups is 1. The van der Waals surface area contributed by atoms with Gasteiger partial charge in [-0.1, -0.05) is 73.7 Å². The second-order valence-corrected chi connectivity index (χ2v) is 12.8. The quantitative estimate of drug-likeness (QED) is 0.370. The minimum Gasteiger partial charge on any atom is -0.350 e. The average molecular weight is 568 g/mol. The van der Waals surface area contributed by atoms with Gasteiger partial charge in [-0.15, -0.1) is 5.10 Å². The summed E-state index contributed by atoms with van der Waals surface area (Å²) in [5, 5.41) is 8.41. The zero-order valence-corrected chi connectivity index (χ0v) is 23.9. The molecule has 214 valence electrons. The molecule has 40 heavy (non-hydrogen) atoms. The van der Waals surface area contributed by atoms with Crippen LogP contribution in [-0.2, 0) is 43.9 Å². The molecule has 2 fully saturated rings. The predicted octanol–water partition coefficient (Wildman–Crippen LogP) is 3.30. The van der Waals surface area contributed by atoms with Crippen LogP contribution >= 0.6 is 0 Å². The highest BCUT2D eigenvalue weighted by Crippen LogP contribution is 2.26. The van der Waals surface area contributed by atoms with Gasteiger partial charge in [0.15, 0.2) is 6.29 Å². The van der Waals surface area contributed by atoms with Crippen molar-refractivity contribution in [2.24, 2.45) is 5.92 Å². The predicted molar refractivity (Wildman–Crippen MR) is 150 cm³/mol. The number of hydrogen-bond donors (Lipinski definition) is 0. The number of ether oxygens (including phenoxy) is 2. The standard InChI is InChI=1S/C29H37N5O5S/c1-22(2)18-27-29(35)32(20-26-21-33(31-30-26)13-12-28-38-15-16-39-28)14-17-40(36,37)34(27)19-23-8-10-25(11-9-23)24-6-4-3-5-7-24/h3-11,21-22,27-28H,12-20H2,1-2H3. The molecule has 0 N–H and O–H groups in total. The van der Waals surface area contributed by atoms with E-state index in [9.17, 15) is 13.2 Å². The van der Waals surface area contributed by atoms with E-state index in [0.717, 1.165) is 16.7 Å². The Morgan fingerprint density at radius 2 is 1.68 bits per heavy atom. The first-order chi connectivity index (χ1) is 19.3. The minimum atomic E-state index is -3.68. The van der Waals surface area contributed by atoms with Gasteiger partial charge in [0.25, 0.3) is 0 Å². The summed E-state index contributed by atoms with van der Waals surface area (Å²) in [6, 6.07) is 17.1. The van der Waals surface area contributed by atoms with E-state index in [2.05, 4.69) is 10.3 Å². The number of amides is 1. The molecule has 1 atom stereocenters. The van der Waals surface area contributed by atoms with Crippen molar-refractivity contribution in [2.75, 3.05) is 25.5 Å². The summed E-state index contributed by atoms with van der Waals surface area (Å²) in [6.45, 7) is 6.25. The fourth-order valence-electron chi connectivity index (χ4n) is 5.15. The lowest BCUT2D eigenvalue weighted by Crippen LogP contribution is -2.47. The van der Waals surface area contributed by atoms with Crippen molar-refractivity contribution in [3.05, 3.63) is 72.1 Å². The van der Waals surface area contributed by atoms with Gasteiger partial charge >= 0.3 is 0 Å². The molecule has 11 heteroatoms. The van der Waals surface area contributed by atoms with Crippen LogP contribution in [0.2, 0.25) is 0 Å². The molecule has 2 aliphatic heterocycles. The third-order valence-electron chi connectivity index (χ3n) is 7.24. The molecule has 1 aromatic heterocycles. The minimum absolute atomic E-state index is 0.107. The number of carbonyl (C=O) groups excluding carboxylic acids is 1. The number of benzene rings is 2. The van der Waals surface area contributed by atoms with Crippen molar-refractivity contribution in [2.45, 2.75) is 58.7 Å². The van der Waals surface area contributed by atoms with Crippen LogP contribution in [0.15, 0.2) is 60.8 Å². The summed E-state index contributed by atoms with van der Waals surface area (Å²) < 4.78 is 41.1. The lowest BCUT2D eigenvalue weighted by molar-refractivity contribution is -0.136. The van der Waals surface area contributed by atoms with Crippen molar-refractivity contribution >= 4 is 15.9 Å². The molecule has 10 nitrogen and oxygen atoms in total. The molecule has 3 aromatic rings. The number of rotatable bonds is 10. The SMILES string of the molecule is CC(C)CC1C(=O)N(Cc2cn(CCC3OCCO3)nn2)CCS(=O)(=O)N1Cc1ccc(-c2ccccc2)cc1. The number of nitrogens with zero attached hydrogens (tertiary/aromatic N) is 5. The Bertz CT molecular complexity index is 1370. The third kappa shape index (κ3) is 6.95. The lowest BCUT2D eigenvalue weighted by Gasteiger charge is -2.30. The smallest absolute Gasteiger partial charge is 0.241 e. The molecule has 3 heterocycles. The fraction of sp³-hybridized carbons (Fsp3) is 0.483. The van der Waals surface area contributed by atoms with Gasteiger partial charge in [0.1, 0.15) is 11.7 Å². The van der Waals surface area contributed by atoms with E-state index in [1.807, 2.05) is 68.4 Å². The van der Waals surface area contributed by atoms with Gasteiger partial charge in [0, 0.05) is 26.1 Å². The Balaban J connectivity index is 1.31. The van der Waals surface area contributed by atoms with Gasteiger partial charge in [0.2, 0.25) is 15.9 Å². The summed E-state index contributed by atoms with van der Waals surface area (Å²) in [5.74, 6) is -0.203. The number of aryl methyl sites for hydroxylation is 1. The molecular weight excluding hydrogens is 530 g/mol. The van der Waals surface area contributed by atoms with Crippen LogP contribution in [0.5, 0.6) is 0 Å². The molecule has 0 radical (unpaired) electrons. The van der Waals surface area contributed by atoms with Crippen molar-refractivity contribution < 1.29 is 22.7 Å². The topological polar surface area (TPSA) is 107 Å². The summed E-state index contributed by atoms with van der Waals surface area (Å²) in [6.07, 6.45) is 2.65. The highest BCUT2D eigenvalue weighted by Gasteiger charge is 2.41. The van der Waals surface area contributed by atoms with E-state index in [1.165, 1.54) is 4.31 Å². The van der Waals surface area contributed by atoms with Crippen LogP contribution < -0.4 is 0 Å². The second-order valence-electron chi connectivity index (χ2n) is 10.8. The molecule has 0 bridgehead atoms.